The number of thiazole rings is 1. The molecule has 11 nitrogen and oxygen atoms in total. The maximum atomic E-state index is 13.5. The van der Waals surface area contributed by atoms with Gasteiger partial charge >= 0.3 is 11.9 Å². The van der Waals surface area contributed by atoms with Gasteiger partial charge in [0.1, 0.15) is 28.5 Å². The molecule has 12 heteroatoms. The normalized spacial score (nSPS) is 12.3. The molecule has 5 aromatic rings. The predicted molar refractivity (Wildman–Crippen MR) is 248 cm³/mol. The smallest absolute Gasteiger partial charge is 0.343 e. The van der Waals surface area contributed by atoms with E-state index in [0.717, 1.165) is 15.8 Å². The van der Waals surface area contributed by atoms with Crippen LogP contribution in [0.15, 0.2) is 121 Å². The Balaban J connectivity index is 1.23. The Kier molecular flexibility index (Phi) is 15.9. The molecule has 5 rings (SSSR count). The highest BCUT2D eigenvalue weighted by Crippen LogP contribution is 2.31. The van der Waals surface area contributed by atoms with E-state index in [2.05, 4.69) is 28.7 Å². The van der Waals surface area contributed by atoms with Crippen molar-refractivity contribution in [3.63, 3.8) is 0 Å². The minimum atomic E-state index is -0.549. The standard InChI is InChI=1S/C50H59N3O8S/c1-11-28-57-47(3,4)33-49(7,8)60-39-22-18-36(19-23-39)44(54)56-30-27-35-17-26-42(38(31-35)32-51-53-46-52-41-15-13-14-16-43(41)62-46)59-45(55)37-20-24-40(25-21-37)61-50(9,10)34-48(5,6)58-29-12-2/h11-26,31-32H,1-2,27-30,33-34H2,3-10H3,(H,52,53)/b51-32+. The van der Waals surface area contributed by atoms with Crippen molar-refractivity contribution in [3.8, 4) is 17.2 Å². The Morgan fingerprint density at radius 3 is 1.81 bits per heavy atom. The summed E-state index contributed by atoms with van der Waals surface area (Å²) in [5, 5.41) is 5.04. The van der Waals surface area contributed by atoms with Crippen LogP contribution in [-0.2, 0) is 20.6 Å². The summed E-state index contributed by atoms with van der Waals surface area (Å²) in [5.41, 5.74) is 4.09. The minimum absolute atomic E-state index is 0.119. The fraction of sp³-hybridized carbons (Fsp3) is 0.360. The van der Waals surface area contributed by atoms with E-state index < -0.39 is 34.3 Å². The number of fused-ring (bicyclic) bond motifs is 1. The van der Waals surface area contributed by atoms with Crippen LogP contribution in [0.2, 0.25) is 0 Å². The Morgan fingerprint density at radius 1 is 0.710 bits per heavy atom. The number of hydrogen-bond donors (Lipinski definition) is 1. The molecular formula is C50H59N3O8S. The van der Waals surface area contributed by atoms with Crippen molar-refractivity contribution in [2.75, 3.05) is 25.2 Å². The fourth-order valence-corrected chi connectivity index (χ4v) is 8.09. The molecule has 0 aliphatic carbocycles. The molecule has 328 valence electrons. The molecule has 0 saturated carbocycles. The first kappa shape index (κ1) is 47.2. The molecule has 1 N–H and O–H groups in total. The van der Waals surface area contributed by atoms with Crippen molar-refractivity contribution in [1.29, 1.82) is 0 Å². The third kappa shape index (κ3) is 14.7. The van der Waals surface area contributed by atoms with Crippen LogP contribution in [0.3, 0.4) is 0 Å². The fourth-order valence-electron chi connectivity index (χ4n) is 7.28. The summed E-state index contributed by atoms with van der Waals surface area (Å²) >= 11 is 1.47. The number of benzene rings is 4. The third-order valence-electron chi connectivity index (χ3n) is 9.41. The molecule has 0 bridgehead atoms. The molecule has 0 unspecified atom stereocenters. The number of hydrazone groups is 1. The number of anilines is 1. The van der Waals surface area contributed by atoms with E-state index in [1.165, 1.54) is 11.3 Å². The maximum Gasteiger partial charge on any atom is 0.343 e. The number of nitrogens with zero attached hydrogens (tertiary/aromatic N) is 2. The van der Waals surface area contributed by atoms with Gasteiger partial charge < -0.3 is 28.4 Å². The van der Waals surface area contributed by atoms with Gasteiger partial charge in [0.2, 0.25) is 5.13 Å². The van der Waals surface area contributed by atoms with Crippen LogP contribution in [-0.4, -0.2) is 65.4 Å². The molecule has 0 radical (unpaired) electrons. The van der Waals surface area contributed by atoms with Crippen molar-refractivity contribution in [2.45, 2.75) is 97.1 Å². The molecule has 1 aromatic heterocycles. The second-order valence-electron chi connectivity index (χ2n) is 17.3. The molecule has 0 saturated heterocycles. The van der Waals surface area contributed by atoms with E-state index in [4.69, 9.17) is 28.4 Å². The average molecular weight is 862 g/mol. The van der Waals surface area contributed by atoms with E-state index in [1.807, 2.05) is 91.8 Å². The first-order chi connectivity index (χ1) is 29.3. The molecular weight excluding hydrogens is 803 g/mol. The highest BCUT2D eigenvalue weighted by molar-refractivity contribution is 7.22. The van der Waals surface area contributed by atoms with Gasteiger partial charge in [-0.2, -0.15) is 5.10 Å². The molecule has 1 heterocycles. The average Bonchev–Trinajstić information content (AvgIpc) is 3.62. The number of carbonyl (C=O) groups is 2. The van der Waals surface area contributed by atoms with E-state index in [0.29, 0.717) is 71.5 Å². The number of para-hydroxylation sites is 1. The van der Waals surface area contributed by atoms with Crippen LogP contribution < -0.4 is 19.6 Å². The van der Waals surface area contributed by atoms with Crippen molar-refractivity contribution in [2.24, 2.45) is 5.10 Å². The minimum Gasteiger partial charge on any atom is -0.488 e. The molecule has 0 spiro atoms. The van der Waals surface area contributed by atoms with Gasteiger partial charge in [-0.25, -0.2) is 14.6 Å². The zero-order valence-electron chi connectivity index (χ0n) is 37.1. The number of rotatable bonds is 23. The Morgan fingerprint density at radius 2 is 1.26 bits per heavy atom. The van der Waals surface area contributed by atoms with E-state index in [9.17, 15) is 9.59 Å². The second kappa shape index (κ2) is 20.8. The van der Waals surface area contributed by atoms with Crippen LogP contribution in [0.1, 0.15) is 100 Å². The van der Waals surface area contributed by atoms with Crippen molar-refractivity contribution in [1.82, 2.24) is 4.98 Å². The van der Waals surface area contributed by atoms with Gasteiger partial charge in [-0.05, 0) is 134 Å². The van der Waals surface area contributed by atoms with Crippen LogP contribution >= 0.6 is 11.3 Å². The van der Waals surface area contributed by atoms with Gasteiger partial charge in [0.25, 0.3) is 0 Å². The molecule has 4 aromatic carbocycles. The SMILES string of the molecule is C=CCOC(C)(C)CC(C)(C)Oc1ccc(C(=O)OCCc2ccc(OC(=O)c3ccc(OC(C)(C)CC(C)(C)OCC=C)cc3)c(/C=N/Nc3nc4ccccc4s3)c2)cc1. The van der Waals surface area contributed by atoms with Gasteiger partial charge in [0.15, 0.2) is 0 Å². The van der Waals surface area contributed by atoms with E-state index >= 15 is 0 Å². The van der Waals surface area contributed by atoms with E-state index in [-0.39, 0.29) is 6.61 Å². The van der Waals surface area contributed by atoms with Crippen LogP contribution in [0.5, 0.6) is 17.2 Å². The zero-order valence-corrected chi connectivity index (χ0v) is 37.9. The zero-order chi connectivity index (χ0) is 45.0. The lowest BCUT2D eigenvalue weighted by atomic mass is 9.92. The molecule has 0 atom stereocenters. The van der Waals surface area contributed by atoms with E-state index in [1.54, 1.807) is 73.0 Å². The largest absolute Gasteiger partial charge is 0.488 e. The highest BCUT2D eigenvalue weighted by atomic mass is 32.1. The summed E-state index contributed by atoms with van der Waals surface area (Å²) in [4.78, 5) is 31.1. The monoisotopic (exact) mass is 861 g/mol. The number of hydrogen-bond acceptors (Lipinski definition) is 12. The van der Waals surface area contributed by atoms with Crippen molar-refractivity contribution < 1.29 is 38.0 Å². The first-order valence-electron chi connectivity index (χ1n) is 20.6. The number of nitrogens with one attached hydrogen (secondary N) is 1. The summed E-state index contributed by atoms with van der Waals surface area (Å²) in [6.45, 7) is 24.6. The van der Waals surface area contributed by atoms with Crippen molar-refractivity contribution >= 4 is 44.8 Å². The van der Waals surface area contributed by atoms with Crippen LogP contribution in [0, 0.1) is 0 Å². The van der Waals surface area contributed by atoms with Crippen LogP contribution in [0.4, 0.5) is 5.13 Å². The Bertz CT molecular complexity index is 2300. The summed E-state index contributed by atoms with van der Waals surface area (Å²) in [6.07, 6.45) is 6.70. The highest BCUT2D eigenvalue weighted by Gasteiger charge is 2.32. The first-order valence-corrected chi connectivity index (χ1v) is 21.4. The quantitative estimate of drug-likeness (QED) is 0.0223. The lowest BCUT2D eigenvalue weighted by molar-refractivity contribution is -0.0551. The van der Waals surface area contributed by atoms with Crippen molar-refractivity contribution in [3.05, 3.63) is 139 Å². The number of carbonyl (C=O) groups excluding carboxylic acids is 2. The molecule has 0 aliphatic rings. The molecule has 0 aliphatic heterocycles. The Labute approximate surface area is 369 Å². The predicted octanol–water partition coefficient (Wildman–Crippen LogP) is 11.4. The molecule has 0 amide bonds. The maximum absolute atomic E-state index is 13.5. The molecule has 0 fully saturated rings. The summed E-state index contributed by atoms with van der Waals surface area (Å²) in [5.74, 6) is 0.540. The van der Waals surface area contributed by atoms with Crippen LogP contribution in [0.25, 0.3) is 10.2 Å². The topological polar surface area (TPSA) is 127 Å². The number of ether oxygens (including phenoxy) is 6. The number of esters is 2. The lowest BCUT2D eigenvalue weighted by Gasteiger charge is -2.35. The second-order valence-corrected chi connectivity index (χ2v) is 18.4. The third-order valence-corrected chi connectivity index (χ3v) is 10.4. The molecule has 62 heavy (non-hydrogen) atoms. The van der Waals surface area contributed by atoms with Gasteiger partial charge in [-0.3, -0.25) is 5.43 Å². The Hall–Kier alpha value is -5.82. The summed E-state index contributed by atoms with van der Waals surface area (Å²) in [7, 11) is 0. The van der Waals surface area contributed by atoms with Gasteiger partial charge in [0, 0.05) is 24.8 Å². The lowest BCUT2D eigenvalue weighted by Crippen LogP contribution is -2.39. The van der Waals surface area contributed by atoms with Gasteiger partial charge in [0.05, 0.1) is 58.6 Å². The summed E-state index contributed by atoms with van der Waals surface area (Å²) < 4.78 is 36.9. The number of aromatic nitrogens is 1. The van der Waals surface area contributed by atoms with Gasteiger partial charge in [-0.15, -0.1) is 13.2 Å². The summed E-state index contributed by atoms with van der Waals surface area (Å²) in [6, 6.07) is 26.9. The van der Waals surface area contributed by atoms with Gasteiger partial charge in [-0.1, -0.05) is 41.7 Å².